The normalized spacial score (nSPS) is 12.5. The van der Waals surface area contributed by atoms with E-state index in [1.807, 2.05) is 19.1 Å². The van der Waals surface area contributed by atoms with Crippen molar-refractivity contribution in [1.29, 1.82) is 0 Å². The Morgan fingerprint density at radius 3 is 2.82 bits per heavy atom. The Morgan fingerprint density at radius 1 is 1.47 bits per heavy atom. The van der Waals surface area contributed by atoms with Gasteiger partial charge in [0.25, 0.3) is 0 Å². The standard InChI is InChI=1S/C13H23N3O/c1-4-17-12-6-5-9-15-13(12)16-11(7-8-14)10(2)3/h5-6,9-11H,4,7-8,14H2,1-3H3,(H,15,16). The van der Waals surface area contributed by atoms with Crippen molar-refractivity contribution in [3.8, 4) is 5.75 Å². The summed E-state index contributed by atoms with van der Waals surface area (Å²) in [5, 5.41) is 3.42. The maximum Gasteiger partial charge on any atom is 0.168 e. The van der Waals surface area contributed by atoms with Gasteiger partial charge in [-0.3, -0.25) is 0 Å². The average molecular weight is 237 g/mol. The Kier molecular flexibility index (Phi) is 5.77. The Bertz CT molecular complexity index is 328. The zero-order valence-electron chi connectivity index (χ0n) is 10.9. The molecule has 1 aromatic heterocycles. The molecule has 0 saturated heterocycles. The lowest BCUT2D eigenvalue weighted by molar-refractivity contribution is 0.339. The molecule has 0 bridgehead atoms. The topological polar surface area (TPSA) is 60.2 Å². The number of hydrogen-bond donors (Lipinski definition) is 2. The van der Waals surface area contributed by atoms with E-state index in [2.05, 4.69) is 24.1 Å². The highest BCUT2D eigenvalue weighted by atomic mass is 16.5. The van der Waals surface area contributed by atoms with Crippen LogP contribution in [-0.4, -0.2) is 24.2 Å². The molecule has 0 aliphatic rings. The van der Waals surface area contributed by atoms with Crippen molar-refractivity contribution < 1.29 is 4.74 Å². The molecule has 1 unspecified atom stereocenters. The molecule has 17 heavy (non-hydrogen) atoms. The molecule has 0 spiro atoms. The molecule has 4 heteroatoms. The molecule has 0 radical (unpaired) electrons. The summed E-state index contributed by atoms with van der Waals surface area (Å²) < 4.78 is 5.54. The average Bonchev–Trinajstić information content (AvgIpc) is 2.31. The third-order valence-corrected chi connectivity index (χ3v) is 2.68. The van der Waals surface area contributed by atoms with Crippen LogP contribution >= 0.6 is 0 Å². The van der Waals surface area contributed by atoms with Gasteiger partial charge in [-0.1, -0.05) is 13.8 Å². The van der Waals surface area contributed by atoms with Crippen molar-refractivity contribution in [3.05, 3.63) is 18.3 Å². The first kappa shape index (κ1) is 13.8. The fraction of sp³-hybridized carbons (Fsp3) is 0.615. The summed E-state index contributed by atoms with van der Waals surface area (Å²) in [4.78, 5) is 4.32. The van der Waals surface area contributed by atoms with E-state index in [1.54, 1.807) is 6.20 Å². The third kappa shape index (κ3) is 4.23. The molecule has 1 atom stereocenters. The molecule has 1 heterocycles. The minimum Gasteiger partial charge on any atom is -0.490 e. The number of pyridine rings is 1. The largest absolute Gasteiger partial charge is 0.490 e. The highest BCUT2D eigenvalue weighted by Crippen LogP contribution is 2.23. The Morgan fingerprint density at radius 2 is 2.24 bits per heavy atom. The van der Waals surface area contributed by atoms with E-state index in [4.69, 9.17) is 10.5 Å². The molecule has 1 rings (SSSR count). The van der Waals surface area contributed by atoms with E-state index in [0.29, 0.717) is 25.1 Å². The summed E-state index contributed by atoms with van der Waals surface area (Å²) in [5.41, 5.74) is 5.63. The minimum absolute atomic E-state index is 0.328. The van der Waals surface area contributed by atoms with Gasteiger partial charge in [-0.15, -0.1) is 0 Å². The first-order valence-electron chi connectivity index (χ1n) is 6.23. The molecule has 4 nitrogen and oxygen atoms in total. The predicted octanol–water partition coefficient (Wildman–Crippen LogP) is 2.27. The number of nitrogens with zero attached hydrogens (tertiary/aromatic N) is 1. The van der Waals surface area contributed by atoms with Crippen molar-refractivity contribution in [2.75, 3.05) is 18.5 Å². The van der Waals surface area contributed by atoms with Gasteiger partial charge in [0.15, 0.2) is 11.6 Å². The SMILES string of the molecule is CCOc1cccnc1NC(CCN)C(C)C. The first-order chi connectivity index (χ1) is 8.19. The van der Waals surface area contributed by atoms with Gasteiger partial charge in [0, 0.05) is 12.2 Å². The summed E-state index contributed by atoms with van der Waals surface area (Å²) >= 11 is 0. The Labute approximate surface area is 104 Å². The number of nitrogens with one attached hydrogen (secondary N) is 1. The number of aromatic nitrogens is 1. The number of rotatable bonds is 7. The zero-order chi connectivity index (χ0) is 12.7. The van der Waals surface area contributed by atoms with E-state index < -0.39 is 0 Å². The number of ether oxygens (including phenoxy) is 1. The van der Waals surface area contributed by atoms with Crippen molar-refractivity contribution in [2.24, 2.45) is 11.7 Å². The number of nitrogens with two attached hydrogens (primary N) is 1. The van der Waals surface area contributed by atoms with Crippen LogP contribution in [-0.2, 0) is 0 Å². The maximum atomic E-state index is 5.63. The summed E-state index contributed by atoms with van der Waals surface area (Å²) in [6.45, 7) is 7.64. The smallest absolute Gasteiger partial charge is 0.168 e. The van der Waals surface area contributed by atoms with Crippen LogP contribution in [0.4, 0.5) is 5.82 Å². The molecule has 0 aliphatic carbocycles. The highest BCUT2D eigenvalue weighted by molar-refractivity contribution is 5.50. The van der Waals surface area contributed by atoms with Crippen molar-refractivity contribution in [3.63, 3.8) is 0 Å². The molecule has 3 N–H and O–H groups in total. The second kappa shape index (κ2) is 7.12. The fourth-order valence-electron chi connectivity index (χ4n) is 1.70. The maximum absolute atomic E-state index is 5.63. The van der Waals surface area contributed by atoms with E-state index in [0.717, 1.165) is 18.0 Å². The lowest BCUT2D eigenvalue weighted by Crippen LogP contribution is -2.29. The number of anilines is 1. The van der Waals surface area contributed by atoms with Gasteiger partial charge in [-0.2, -0.15) is 0 Å². The molecule has 0 fully saturated rings. The summed E-state index contributed by atoms with van der Waals surface area (Å²) in [6, 6.07) is 4.14. The van der Waals surface area contributed by atoms with Gasteiger partial charge in [0.1, 0.15) is 0 Å². The molecule has 96 valence electrons. The fourth-order valence-corrected chi connectivity index (χ4v) is 1.70. The Hall–Kier alpha value is -1.29. The van der Waals surface area contributed by atoms with Gasteiger partial charge >= 0.3 is 0 Å². The lowest BCUT2D eigenvalue weighted by atomic mass is 10.0. The van der Waals surface area contributed by atoms with Gasteiger partial charge < -0.3 is 15.8 Å². The highest BCUT2D eigenvalue weighted by Gasteiger charge is 2.14. The van der Waals surface area contributed by atoms with Crippen LogP contribution in [0.3, 0.4) is 0 Å². The Balaban J connectivity index is 2.77. The molecular formula is C13H23N3O. The summed E-state index contributed by atoms with van der Waals surface area (Å²) in [5.74, 6) is 2.12. The lowest BCUT2D eigenvalue weighted by Gasteiger charge is -2.23. The summed E-state index contributed by atoms with van der Waals surface area (Å²) in [7, 11) is 0. The van der Waals surface area contributed by atoms with E-state index in [-0.39, 0.29) is 0 Å². The van der Waals surface area contributed by atoms with Crippen LogP contribution in [0.2, 0.25) is 0 Å². The van der Waals surface area contributed by atoms with Crippen LogP contribution in [0, 0.1) is 5.92 Å². The van der Waals surface area contributed by atoms with Gasteiger partial charge in [-0.25, -0.2) is 4.98 Å². The van der Waals surface area contributed by atoms with E-state index >= 15 is 0 Å². The first-order valence-corrected chi connectivity index (χ1v) is 6.23. The molecule has 0 saturated carbocycles. The molecule has 1 aromatic rings. The van der Waals surface area contributed by atoms with Crippen molar-refractivity contribution in [1.82, 2.24) is 4.98 Å². The zero-order valence-corrected chi connectivity index (χ0v) is 10.9. The van der Waals surface area contributed by atoms with Crippen LogP contribution in [0.15, 0.2) is 18.3 Å². The predicted molar refractivity (Wildman–Crippen MR) is 71.3 cm³/mol. The summed E-state index contributed by atoms with van der Waals surface area (Å²) in [6.07, 6.45) is 2.70. The van der Waals surface area contributed by atoms with E-state index in [9.17, 15) is 0 Å². The molecule has 0 aliphatic heterocycles. The molecule has 0 aromatic carbocycles. The van der Waals surface area contributed by atoms with Crippen molar-refractivity contribution in [2.45, 2.75) is 33.2 Å². The van der Waals surface area contributed by atoms with Gasteiger partial charge in [0.05, 0.1) is 6.61 Å². The third-order valence-electron chi connectivity index (χ3n) is 2.68. The molecular weight excluding hydrogens is 214 g/mol. The van der Waals surface area contributed by atoms with Crippen LogP contribution < -0.4 is 15.8 Å². The van der Waals surface area contributed by atoms with Gasteiger partial charge in [-0.05, 0) is 37.9 Å². The second-order valence-electron chi connectivity index (χ2n) is 4.36. The molecule has 0 amide bonds. The minimum atomic E-state index is 0.328. The van der Waals surface area contributed by atoms with Crippen LogP contribution in [0.25, 0.3) is 0 Å². The van der Waals surface area contributed by atoms with Crippen LogP contribution in [0.5, 0.6) is 5.75 Å². The van der Waals surface area contributed by atoms with Crippen LogP contribution in [0.1, 0.15) is 27.2 Å². The second-order valence-corrected chi connectivity index (χ2v) is 4.36. The van der Waals surface area contributed by atoms with E-state index in [1.165, 1.54) is 0 Å². The van der Waals surface area contributed by atoms with Crippen molar-refractivity contribution >= 4 is 5.82 Å². The number of hydrogen-bond acceptors (Lipinski definition) is 4. The monoisotopic (exact) mass is 237 g/mol. The van der Waals surface area contributed by atoms with Gasteiger partial charge in [0.2, 0.25) is 0 Å². The quantitative estimate of drug-likeness (QED) is 0.763.